The molecule has 0 bridgehead atoms. The third-order valence-electron chi connectivity index (χ3n) is 2.04. The van der Waals surface area contributed by atoms with Crippen molar-refractivity contribution in [3.05, 3.63) is 23.0 Å². The Bertz CT molecular complexity index is 489. The summed E-state index contributed by atoms with van der Waals surface area (Å²) in [6.07, 6.45) is -8.19. The van der Waals surface area contributed by atoms with Crippen molar-refractivity contribution in [2.75, 3.05) is 0 Å². The number of hydrogen-bond donors (Lipinski definition) is 2. The lowest BCUT2D eigenvalue weighted by molar-refractivity contribution is -0.275. The highest BCUT2D eigenvalue weighted by Gasteiger charge is 2.35. The average Bonchev–Trinajstić information content (AvgIpc) is 2.25. The van der Waals surface area contributed by atoms with Crippen LogP contribution in [-0.4, -0.2) is 17.3 Å². The van der Waals surface area contributed by atoms with Gasteiger partial charge in [0.05, 0.1) is 23.0 Å². The average molecular weight is 285 g/mol. The van der Waals surface area contributed by atoms with Gasteiger partial charge in [-0.05, 0) is 0 Å². The first kappa shape index (κ1) is 15.1. The molecule has 1 aromatic rings. The molecule has 0 saturated carbocycles. The first-order chi connectivity index (χ1) is 8.67. The van der Waals surface area contributed by atoms with Gasteiger partial charge in [-0.25, -0.2) is 8.78 Å². The number of ether oxygens (including phenoxy) is 1. The highest BCUT2D eigenvalue weighted by Crippen LogP contribution is 2.35. The number of halogens is 5. The van der Waals surface area contributed by atoms with Crippen LogP contribution >= 0.6 is 0 Å². The van der Waals surface area contributed by atoms with E-state index < -0.39 is 42.1 Å². The molecule has 0 aliphatic rings. The van der Waals surface area contributed by atoms with E-state index in [1.165, 1.54) is 0 Å². The van der Waals surface area contributed by atoms with Gasteiger partial charge in [-0.1, -0.05) is 0 Å². The number of carbonyl (C=O) groups is 1. The molecule has 19 heavy (non-hydrogen) atoms. The fraction of sp³-hybridized carbons (Fsp3) is 0.333. The van der Waals surface area contributed by atoms with E-state index in [9.17, 15) is 26.7 Å². The van der Waals surface area contributed by atoms with Crippen molar-refractivity contribution in [1.82, 2.24) is 4.98 Å². The number of carbonyl (C=O) groups excluding carboxylic acids is 1. The number of primary amides is 1. The van der Waals surface area contributed by atoms with E-state index in [0.717, 1.165) is 0 Å². The van der Waals surface area contributed by atoms with Crippen molar-refractivity contribution in [3.63, 3.8) is 0 Å². The highest BCUT2D eigenvalue weighted by atomic mass is 19.4. The number of nitrogens with two attached hydrogens (primary N) is 2. The molecule has 1 rings (SSSR count). The fourth-order valence-corrected chi connectivity index (χ4v) is 1.40. The van der Waals surface area contributed by atoms with Crippen LogP contribution in [0.25, 0.3) is 0 Å². The first-order valence-corrected chi connectivity index (χ1v) is 4.73. The summed E-state index contributed by atoms with van der Waals surface area (Å²) < 4.78 is 65.2. The summed E-state index contributed by atoms with van der Waals surface area (Å²) in [6, 6.07) is 0. The van der Waals surface area contributed by atoms with E-state index in [-0.39, 0.29) is 5.69 Å². The second kappa shape index (κ2) is 5.34. The quantitative estimate of drug-likeness (QED) is 0.819. The molecule has 1 aromatic heterocycles. The van der Waals surface area contributed by atoms with Gasteiger partial charge in [-0.15, -0.1) is 13.2 Å². The topological polar surface area (TPSA) is 91.2 Å². The Morgan fingerprint density at radius 1 is 1.42 bits per heavy atom. The summed E-state index contributed by atoms with van der Waals surface area (Å²) in [5.74, 6) is -2.65. The van der Waals surface area contributed by atoms with Gasteiger partial charge in [0.2, 0.25) is 0 Å². The van der Waals surface area contributed by atoms with Crippen LogP contribution in [0, 0.1) is 0 Å². The second-order valence-corrected chi connectivity index (χ2v) is 3.27. The molecule has 0 radical (unpaired) electrons. The summed E-state index contributed by atoms with van der Waals surface area (Å²) in [6.45, 7) is -0.440. The van der Waals surface area contributed by atoms with E-state index in [1.807, 2.05) is 0 Å². The Morgan fingerprint density at radius 2 is 2.00 bits per heavy atom. The summed E-state index contributed by atoms with van der Waals surface area (Å²) in [5, 5.41) is 0. The lowest BCUT2D eigenvalue weighted by Crippen LogP contribution is -2.23. The van der Waals surface area contributed by atoms with Crippen LogP contribution in [0.5, 0.6) is 5.75 Å². The molecule has 1 heterocycles. The molecule has 0 unspecified atom stereocenters. The van der Waals surface area contributed by atoms with Crippen molar-refractivity contribution in [2.45, 2.75) is 19.3 Å². The van der Waals surface area contributed by atoms with E-state index >= 15 is 0 Å². The van der Waals surface area contributed by atoms with E-state index in [4.69, 9.17) is 11.5 Å². The van der Waals surface area contributed by atoms with Gasteiger partial charge in [0, 0.05) is 6.54 Å². The standard InChI is InChI=1S/C9H8F5N3O2/c10-7(11)6-4(19-9(12,13)14)2-17-3(1-15)5(6)8(16)18/h2,7H,1,15H2,(H2,16,18). The lowest BCUT2D eigenvalue weighted by atomic mass is 10.0. The van der Waals surface area contributed by atoms with E-state index in [1.54, 1.807) is 0 Å². The summed E-state index contributed by atoms with van der Waals surface area (Å²) in [7, 11) is 0. The van der Waals surface area contributed by atoms with Crippen molar-refractivity contribution < 1.29 is 31.5 Å². The van der Waals surface area contributed by atoms with Crippen molar-refractivity contribution in [3.8, 4) is 5.75 Å². The molecule has 1 amide bonds. The molecule has 10 heteroatoms. The number of nitrogens with zero attached hydrogens (tertiary/aromatic N) is 1. The zero-order valence-corrected chi connectivity index (χ0v) is 9.17. The van der Waals surface area contributed by atoms with Crippen LogP contribution < -0.4 is 16.2 Å². The molecular weight excluding hydrogens is 277 g/mol. The minimum absolute atomic E-state index is 0.336. The largest absolute Gasteiger partial charge is 0.573 e. The minimum Gasteiger partial charge on any atom is -0.404 e. The lowest BCUT2D eigenvalue weighted by Gasteiger charge is -2.16. The smallest absolute Gasteiger partial charge is 0.404 e. The maximum atomic E-state index is 12.8. The first-order valence-electron chi connectivity index (χ1n) is 4.73. The Morgan fingerprint density at radius 3 is 2.37 bits per heavy atom. The maximum absolute atomic E-state index is 12.8. The van der Waals surface area contributed by atoms with Crippen LogP contribution in [0.15, 0.2) is 6.20 Å². The van der Waals surface area contributed by atoms with Gasteiger partial charge in [0.25, 0.3) is 12.3 Å². The zero-order chi connectivity index (χ0) is 14.8. The number of alkyl halides is 5. The predicted molar refractivity (Wildman–Crippen MR) is 52.3 cm³/mol. The zero-order valence-electron chi connectivity index (χ0n) is 9.17. The second-order valence-electron chi connectivity index (χ2n) is 3.27. The number of hydrogen-bond acceptors (Lipinski definition) is 4. The van der Waals surface area contributed by atoms with E-state index in [2.05, 4.69) is 9.72 Å². The Balaban J connectivity index is 3.49. The molecule has 0 atom stereocenters. The third-order valence-corrected chi connectivity index (χ3v) is 2.04. The van der Waals surface area contributed by atoms with Crippen LogP contribution in [0.3, 0.4) is 0 Å². The number of aromatic nitrogens is 1. The highest BCUT2D eigenvalue weighted by molar-refractivity contribution is 5.96. The summed E-state index contributed by atoms with van der Waals surface area (Å²) in [5.41, 5.74) is 7.54. The Labute approximate surface area is 103 Å². The van der Waals surface area contributed by atoms with Crippen LogP contribution in [-0.2, 0) is 6.54 Å². The number of pyridine rings is 1. The maximum Gasteiger partial charge on any atom is 0.573 e. The van der Waals surface area contributed by atoms with Crippen LogP contribution in [0.1, 0.15) is 28.0 Å². The van der Waals surface area contributed by atoms with Gasteiger partial charge < -0.3 is 16.2 Å². The van der Waals surface area contributed by atoms with Gasteiger partial charge in [-0.3, -0.25) is 9.78 Å². The Kier molecular flexibility index (Phi) is 4.24. The molecule has 0 fully saturated rings. The summed E-state index contributed by atoms with van der Waals surface area (Å²) >= 11 is 0. The molecule has 5 nitrogen and oxygen atoms in total. The van der Waals surface area contributed by atoms with Crippen molar-refractivity contribution in [2.24, 2.45) is 11.5 Å². The molecule has 0 aliphatic heterocycles. The predicted octanol–water partition coefficient (Wildman–Crippen LogP) is 1.48. The van der Waals surface area contributed by atoms with Crippen molar-refractivity contribution in [1.29, 1.82) is 0 Å². The van der Waals surface area contributed by atoms with Crippen LogP contribution in [0.2, 0.25) is 0 Å². The molecule has 4 N–H and O–H groups in total. The minimum atomic E-state index is -5.20. The molecule has 0 aromatic carbocycles. The Hall–Kier alpha value is -1.97. The SMILES string of the molecule is NCc1ncc(OC(F)(F)F)c(C(F)F)c1C(N)=O. The molecule has 0 aliphatic carbocycles. The van der Waals surface area contributed by atoms with Gasteiger partial charge >= 0.3 is 6.36 Å². The molecule has 0 saturated heterocycles. The van der Waals surface area contributed by atoms with E-state index in [0.29, 0.717) is 6.20 Å². The monoisotopic (exact) mass is 285 g/mol. The molecular formula is C9H8F5N3O2. The van der Waals surface area contributed by atoms with Crippen LogP contribution in [0.4, 0.5) is 22.0 Å². The fourth-order valence-electron chi connectivity index (χ4n) is 1.40. The molecule has 0 spiro atoms. The van der Waals surface area contributed by atoms with Gasteiger partial charge in [0.15, 0.2) is 5.75 Å². The van der Waals surface area contributed by atoms with Gasteiger partial charge in [-0.2, -0.15) is 0 Å². The summed E-state index contributed by atoms with van der Waals surface area (Å²) in [4.78, 5) is 14.4. The van der Waals surface area contributed by atoms with Crippen molar-refractivity contribution >= 4 is 5.91 Å². The normalized spacial score (nSPS) is 11.7. The molecule has 106 valence electrons. The third kappa shape index (κ3) is 3.50. The number of amides is 1. The van der Waals surface area contributed by atoms with Gasteiger partial charge in [0.1, 0.15) is 0 Å². The number of rotatable bonds is 4.